The molecule has 3 aromatic rings. The van der Waals surface area contributed by atoms with Crippen molar-refractivity contribution >= 4 is 23.0 Å². The maximum absolute atomic E-state index is 13.7. The van der Waals surface area contributed by atoms with Crippen LogP contribution in [0.3, 0.4) is 0 Å². The fourth-order valence-corrected chi connectivity index (χ4v) is 5.14. The molecule has 182 valence electrons. The standard InChI is InChI=1S/C27H29N3O4S/c1-4-5-6-13-34-21-11-7-10-20(14-21)23-22(24(31)26-17(2)29-18(3)35-26)25(32)27(33)30(23)16-19-9-8-12-28-15-19/h7-12,14-15,23,32H,4-6,13,16H2,1-3H3. The molecule has 2 aromatic heterocycles. The number of Topliss-reactive ketones (excluding diaryl/α,β-unsaturated/α-hetero) is 1. The van der Waals surface area contributed by atoms with E-state index in [0.29, 0.717) is 28.5 Å². The summed E-state index contributed by atoms with van der Waals surface area (Å²) in [4.78, 5) is 37.4. The number of aromatic nitrogens is 2. The SMILES string of the molecule is CCCCCOc1cccc(C2C(C(=O)c3sc(C)nc3C)=C(O)C(=O)N2Cc2cccnc2)c1. The summed E-state index contributed by atoms with van der Waals surface area (Å²) in [6.07, 6.45) is 6.46. The maximum atomic E-state index is 13.7. The minimum absolute atomic E-state index is 0.0637. The van der Waals surface area contributed by atoms with Crippen molar-refractivity contribution in [3.05, 3.63) is 86.8 Å². The van der Waals surface area contributed by atoms with Gasteiger partial charge in [-0.25, -0.2) is 4.98 Å². The van der Waals surface area contributed by atoms with Crippen molar-refractivity contribution in [2.75, 3.05) is 6.61 Å². The van der Waals surface area contributed by atoms with Crippen LogP contribution < -0.4 is 4.74 Å². The van der Waals surface area contributed by atoms with E-state index in [-0.39, 0.29) is 17.9 Å². The lowest BCUT2D eigenvalue weighted by molar-refractivity contribution is -0.130. The summed E-state index contributed by atoms with van der Waals surface area (Å²) in [5.74, 6) is -0.832. The number of hydrogen-bond acceptors (Lipinski definition) is 7. The van der Waals surface area contributed by atoms with Crippen LogP contribution in [0.5, 0.6) is 5.75 Å². The summed E-state index contributed by atoms with van der Waals surface area (Å²) in [5, 5.41) is 11.7. The molecular weight excluding hydrogens is 462 g/mol. The molecule has 35 heavy (non-hydrogen) atoms. The number of hydrogen-bond donors (Lipinski definition) is 1. The number of rotatable bonds is 10. The molecule has 1 N–H and O–H groups in total. The number of aliphatic hydroxyl groups excluding tert-OH is 1. The highest BCUT2D eigenvalue weighted by Crippen LogP contribution is 2.41. The number of carbonyl (C=O) groups is 2. The molecule has 1 amide bonds. The first-order valence-corrected chi connectivity index (χ1v) is 12.6. The molecule has 1 aromatic carbocycles. The van der Waals surface area contributed by atoms with Gasteiger partial charge in [0.15, 0.2) is 5.76 Å². The molecule has 3 heterocycles. The first-order chi connectivity index (χ1) is 16.9. The monoisotopic (exact) mass is 491 g/mol. The van der Waals surface area contributed by atoms with Crippen LogP contribution in [0, 0.1) is 13.8 Å². The number of thiazole rings is 1. The second kappa shape index (κ2) is 10.8. The Bertz CT molecular complexity index is 1250. The number of carbonyl (C=O) groups excluding carboxylic acids is 2. The molecule has 1 unspecified atom stereocenters. The van der Waals surface area contributed by atoms with Gasteiger partial charge < -0.3 is 14.7 Å². The Balaban J connectivity index is 1.74. The highest BCUT2D eigenvalue weighted by atomic mass is 32.1. The van der Waals surface area contributed by atoms with Gasteiger partial charge in [0.25, 0.3) is 5.91 Å². The third kappa shape index (κ3) is 5.27. The number of nitrogens with zero attached hydrogens (tertiary/aromatic N) is 3. The molecule has 1 aliphatic heterocycles. The number of benzene rings is 1. The molecule has 4 rings (SSSR count). The van der Waals surface area contributed by atoms with E-state index >= 15 is 0 Å². The number of amides is 1. The van der Waals surface area contributed by atoms with Crippen LogP contribution >= 0.6 is 11.3 Å². The largest absolute Gasteiger partial charge is 0.503 e. The average Bonchev–Trinajstić information content (AvgIpc) is 3.32. The average molecular weight is 492 g/mol. The predicted octanol–water partition coefficient (Wildman–Crippen LogP) is 5.50. The van der Waals surface area contributed by atoms with Crippen LogP contribution in [0.2, 0.25) is 0 Å². The summed E-state index contributed by atoms with van der Waals surface area (Å²) >= 11 is 1.26. The Hall–Kier alpha value is -3.52. The lowest BCUT2D eigenvalue weighted by Gasteiger charge is -2.27. The molecule has 0 fully saturated rings. The minimum atomic E-state index is -0.767. The summed E-state index contributed by atoms with van der Waals surface area (Å²) in [6.45, 7) is 6.51. The highest BCUT2D eigenvalue weighted by Gasteiger charge is 2.44. The summed E-state index contributed by atoms with van der Waals surface area (Å²) in [5.41, 5.74) is 2.14. The Kier molecular flexibility index (Phi) is 7.60. The van der Waals surface area contributed by atoms with E-state index in [1.165, 1.54) is 16.2 Å². The first kappa shape index (κ1) is 24.6. The van der Waals surface area contributed by atoms with Crippen LogP contribution in [0.25, 0.3) is 0 Å². The van der Waals surface area contributed by atoms with Crippen LogP contribution in [0.15, 0.2) is 60.1 Å². The van der Waals surface area contributed by atoms with Crippen molar-refractivity contribution < 1.29 is 19.4 Å². The van der Waals surface area contributed by atoms with E-state index in [1.807, 2.05) is 37.3 Å². The fraction of sp³-hybridized carbons (Fsp3) is 0.333. The molecule has 0 bridgehead atoms. The van der Waals surface area contributed by atoms with Gasteiger partial charge in [0, 0.05) is 18.9 Å². The Labute approximate surface area is 209 Å². The number of aliphatic hydroxyl groups is 1. The number of unbranched alkanes of at least 4 members (excludes halogenated alkanes) is 2. The molecule has 0 saturated heterocycles. The van der Waals surface area contributed by atoms with Crippen LogP contribution in [0.1, 0.15) is 63.7 Å². The molecule has 0 radical (unpaired) electrons. The zero-order valence-electron chi connectivity index (χ0n) is 20.2. The molecule has 1 atom stereocenters. The number of ether oxygens (including phenoxy) is 1. The second-order valence-corrected chi connectivity index (χ2v) is 9.77. The topological polar surface area (TPSA) is 92.6 Å². The van der Waals surface area contributed by atoms with Gasteiger partial charge in [-0.2, -0.15) is 0 Å². The normalized spacial score (nSPS) is 15.7. The predicted molar refractivity (Wildman–Crippen MR) is 135 cm³/mol. The maximum Gasteiger partial charge on any atom is 0.290 e. The molecule has 0 spiro atoms. The molecule has 0 aliphatic carbocycles. The van der Waals surface area contributed by atoms with Crippen LogP contribution in [-0.4, -0.2) is 38.3 Å². The first-order valence-electron chi connectivity index (χ1n) is 11.7. The fourth-order valence-electron chi connectivity index (χ4n) is 4.26. The summed E-state index contributed by atoms with van der Waals surface area (Å²) < 4.78 is 5.93. The number of pyridine rings is 1. The number of ketones is 1. The van der Waals surface area contributed by atoms with E-state index in [1.54, 1.807) is 25.4 Å². The third-order valence-corrected chi connectivity index (χ3v) is 7.00. The van der Waals surface area contributed by atoms with E-state index in [4.69, 9.17) is 4.74 Å². The van der Waals surface area contributed by atoms with Gasteiger partial charge in [-0.1, -0.05) is 38.0 Å². The Morgan fingerprint density at radius 2 is 2.03 bits per heavy atom. The van der Waals surface area contributed by atoms with E-state index in [0.717, 1.165) is 29.8 Å². The van der Waals surface area contributed by atoms with Gasteiger partial charge in [0.05, 0.1) is 33.8 Å². The van der Waals surface area contributed by atoms with Crippen molar-refractivity contribution in [3.8, 4) is 5.75 Å². The summed E-state index contributed by atoms with van der Waals surface area (Å²) in [7, 11) is 0. The van der Waals surface area contributed by atoms with Gasteiger partial charge in [0.2, 0.25) is 5.78 Å². The molecule has 0 saturated carbocycles. The van der Waals surface area contributed by atoms with E-state index in [9.17, 15) is 14.7 Å². The van der Waals surface area contributed by atoms with Crippen molar-refractivity contribution in [2.24, 2.45) is 0 Å². The summed E-state index contributed by atoms with van der Waals surface area (Å²) in [6, 6.07) is 10.3. The van der Waals surface area contributed by atoms with E-state index in [2.05, 4.69) is 16.9 Å². The molecular formula is C27H29N3O4S. The third-order valence-electron chi connectivity index (χ3n) is 5.92. The van der Waals surface area contributed by atoms with Crippen molar-refractivity contribution in [3.63, 3.8) is 0 Å². The van der Waals surface area contributed by atoms with Gasteiger partial charge in [0.1, 0.15) is 5.75 Å². The van der Waals surface area contributed by atoms with Crippen LogP contribution in [-0.2, 0) is 11.3 Å². The highest BCUT2D eigenvalue weighted by molar-refractivity contribution is 7.14. The Morgan fingerprint density at radius 3 is 2.71 bits per heavy atom. The second-order valence-electron chi connectivity index (χ2n) is 8.56. The lowest BCUT2D eigenvalue weighted by atomic mass is 9.94. The lowest BCUT2D eigenvalue weighted by Crippen LogP contribution is -2.30. The van der Waals surface area contributed by atoms with Crippen molar-refractivity contribution in [2.45, 2.75) is 52.6 Å². The minimum Gasteiger partial charge on any atom is -0.503 e. The molecule has 8 heteroatoms. The van der Waals surface area contributed by atoms with Crippen molar-refractivity contribution in [1.29, 1.82) is 0 Å². The zero-order chi connectivity index (χ0) is 24.9. The quantitative estimate of drug-likeness (QED) is 0.297. The van der Waals surface area contributed by atoms with Crippen molar-refractivity contribution in [1.82, 2.24) is 14.9 Å². The number of aryl methyl sites for hydroxylation is 2. The van der Waals surface area contributed by atoms with E-state index < -0.39 is 17.7 Å². The molecule has 1 aliphatic rings. The Morgan fingerprint density at radius 1 is 1.20 bits per heavy atom. The van der Waals surface area contributed by atoms with Gasteiger partial charge in [-0.15, -0.1) is 11.3 Å². The van der Waals surface area contributed by atoms with Gasteiger partial charge >= 0.3 is 0 Å². The van der Waals surface area contributed by atoms with Gasteiger partial charge in [-0.05, 0) is 49.6 Å². The van der Waals surface area contributed by atoms with Gasteiger partial charge in [-0.3, -0.25) is 14.6 Å². The van der Waals surface area contributed by atoms with Crippen LogP contribution in [0.4, 0.5) is 0 Å². The molecule has 7 nitrogen and oxygen atoms in total. The smallest absolute Gasteiger partial charge is 0.290 e. The zero-order valence-corrected chi connectivity index (χ0v) is 21.0.